The molecule has 4 nitrogen and oxygen atoms in total. The van der Waals surface area contributed by atoms with Crippen LogP contribution in [0, 0.1) is 0 Å². The number of ether oxygens (including phenoxy) is 2. The number of aryl methyl sites for hydroxylation is 1. The van der Waals surface area contributed by atoms with Gasteiger partial charge >= 0.3 is 5.97 Å². The van der Waals surface area contributed by atoms with Crippen LogP contribution in [-0.4, -0.2) is 24.7 Å². The lowest BCUT2D eigenvalue weighted by Gasteiger charge is -2.26. The SMILES string of the molecule is COC(=O)c1ccncc1CC[C@@H]1CCOc2cc(-c3ccsc3)ccc21. The van der Waals surface area contributed by atoms with E-state index in [2.05, 4.69) is 40.0 Å². The maximum atomic E-state index is 12.0. The average molecular weight is 379 g/mol. The molecule has 0 amide bonds. The summed E-state index contributed by atoms with van der Waals surface area (Å²) < 4.78 is 10.8. The van der Waals surface area contributed by atoms with E-state index in [0.717, 1.165) is 37.2 Å². The number of pyridine rings is 1. The van der Waals surface area contributed by atoms with E-state index in [0.29, 0.717) is 11.5 Å². The van der Waals surface area contributed by atoms with Crippen LogP contribution in [0.4, 0.5) is 0 Å². The van der Waals surface area contributed by atoms with Crippen LogP contribution in [0.15, 0.2) is 53.5 Å². The molecule has 3 aromatic rings. The van der Waals surface area contributed by atoms with Crippen LogP contribution >= 0.6 is 11.3 Å². The lowest BCUT2D eigenvalue weighted by atomic mass is 9.86. The molecule has 0 N–H and O–H groups in total. The van der Waals surface area contributed by atoms with Gasteiger partial charge in [-0.05, 0) is 76.4 Å². The number of aromatic nitrogens is 1. The summed E-state index contributed by atoms with van der Waals surface area (Å²) in [5, 5.41) is 4.24. The summed E-state index contributed by atoms with van der Waals surface area (Å²) in [5.74, 6) is 1.09. The number of thiophene rings is 1. The highest BCUT2D eigenvalue weighted by Gasteiger charge is 2.23. The Morgan fingerprint density at radius 3 is 3.04 bits per heavy atom. The molecular formula is C22H21NO3S. The van der Waals surface area contributed by atoms with E-state index in [1.165, 1.54) is 23.8 Å². The zero-order valence-electron chi connectivity index (χ0n) is 15.2. The highest BCUT2D eigenvalue weighted by atomic mass is 32.1. The Hall–Kier alpha value is -2.66. The number of hydrogen-bond donors (Lipinski definition) is 0. The van der Waals surface area contributed by atoms with Gasteiger partial charge in [-0.3, -0.25) is 4.98 Å². The molecule has 27 heavy (non-hydrogen) atoms. The second-order valence-corrected chi connectivity index (χ2v) is 7.44. The molecule has 0 bridgehead atoms. The zero-order chi connectivity index (χ0) is 18.6. The van der Waals surface area contributed by atoms with Crippen LogP contribution in [0.2, 0.25) is 0 Å². The topological polar surface area (TPSA) is 48.4 Å². The fourth-order valence-electron chi connectivity index (χ4n) is 3.64. The summed E-state index contributed by atoms with van der Waals surface area (Å²) in [6.45, 7) is 0.724. The van der Waals surface area contributed by atoms with Crippen LogP contribution in [0.5, 0.6) is 5.75 Å². The molecule has 1 aromatic carbocycles. The number of carbonyl (C=O) groups excluding carboxylic acids is 1. The molecule has 1 atom stereocenters. The molecule has 1 aliphatic heterocycles. The minimum absolute atomic E-state index is 0.305. The maximum absolute atomic E-state index is 12.0. The third-order valence-electron chi connectivity index (χ3n) is 5.10. The second kappa shape index (κ2) is 7.92. The molecule has 0 aliphatic carbocycles. The van der Waals surface area contributed by atoms with Crippen molar-refractivity contribution in [2.75, 3.05) is 13.7 Å². The van der Waals surface area contributed by atoms with Crippen molar-refractivity contribution in [3.05, 3.63) is 70.2 Å². The Morgan fingerprint density at radius 1 is 1.30 bits per heavy atom. The Kier molecular flexibility index (Phi) is 5.21. The van der Waals surface area contributed by atoms with E-state index in [1.54, 1.807) is 29.8 Å². The van der Waals surface area contributed by atoms with E-state index in [9.17, 15) is 4.79 Å². The van der Waals surface area contributed by atoms with Gasteiger partial charge in [0.1, 0.15) is 5.75 Å². The van der Waals surface area contributed by atoms with Gasteiger partial charge in [0, 0.05) is 12.4 Å². The van der Waals surface area contributed by atoms with Crippen LogP contribution in [0.3, 0.4) is 0 Å². The van der Waals surface area contributed by atoms with Crippen LogP contribution in [0.1, 0.15) is 40.2 Å². The molecule has 0 radical (unpaired) electrons. The highest BCUT2D eigenvalue weighted by molar-refractivity contribution is 7.08. The first kappa shape index (κ1) is 17.7. The van der Waals surface area contributed by atoms with Gasteiger partial charge in [-0.25, -0.2) is 4.79 Å². The molecule has 5 heteroatoms. The summed E-state index contributed by atoms with van der Waals surface area (Å²) in [6, 6.07) is 10.4. The summed E-state index contributed by atoms with van der Waals surface area (Å²) in [7, 11) is 1.41. The van der Waals surface area contributed by atoms with Gasteiger partial charge in [0.25, 0.3) is 0 Å². The van der Waals surface area contributed by atoms with Crippen molar-refractivity contribution in [3.63, 3.8) is 0 Å². The number of nitrogens with zero attached hydrogens (tertiary/aromatic N) is 1. The first-order chi connectivity index (χ1) is 13.3. The first-order valence-electron chi connectivity index (χ1n) is 9.07. The van der Waals surface area contributed by atoms with Crippen molar-refractivity contribution in [1.29, 1.82) is 0 Å². The van der Waals surface area contributed by atoms with Gasteiger partial charge in [-0.1, -0.05) is 12.1 Å². The number of fused-ring (bicyclic) bond motifs is 1. The molecule has 0 saturated heterocycles. The Morgan fingerprint density at radius 2 is 2.22 bits per heavy atom. The summed E-state index contributed by atoms with van der Waals surface area (Å²) in [4.78, 5) is 16.1. The van der Waals surface area contributed by atoms with Crippen molar-refractivity contribution in [3.8, 4) is 16.9 Å². The number of carbonyl (C=O) groups is 1. The second-order valence-electron chi connectivity index (χ2n) is 6.66. The molecule has 3 heterocycles. The largest absolute Gasteiger partial charge is 0.493 e. The van der Waals surface area contributed by atoms with Gasteiger partial charge in [-0.2, -0.15) is 11.3 Å². The first-order valence-corrected chi connectivity index (χ1v) is 10.0. The lowest BCUT2D eigenvalue weighted by Crippen LogP contribution is -2.15. The molecule has 0 fully saturated rings. The van der Waals surface area contributed by atoms with E-state index < -0.39 is 0 Å². The van der Waals surface area contributed by atoms with E-state index in [4.69, 9.17) is 9.47 Å². The Bertz CT molecular complexity index is 936. The molecule has 2 aromatic heterocycles. The van der Waals surface area contributed by atoms with Crippen LogP contribution in [0.25, 0.3) is 11.1 Å². The number of benzene rings is 1. The minimum atomic E-state index is -0.305. The summed E-state index contributed by atoms with van der Waals surface area (Å²) in [6.07, 6.45) is 6.12. The molecule has 0 saturated carbocycles. The van der Waals surface area contributed by atoms with Gasteiger partial charge in [0.2, 0.25) is 0 Å². The molecule has 4 rings (SSSR count). The number of rotatable bonds is 5. The molecule has 1 aliphatic rings. The van der Waals surface area contributed by atoms with Crippen LogP contribution < -0.4 is 4.74 Å². The van der Waals surface area contributed by atoms with Crippen LogP contribution in [-0.2, 0) is 11.2 Å². The molecular weight excluding hydrogens is 358 g/mol. The lowest BCUT2D eigenvalue weighted by molar-refractivity contribution is 0.0599. The quantitative estimate of drug-likeness (QED) is 0.579. The summed E-state index contributed by atoms with van der Waals surface area (Å²) in [5.41, 5.74) is 5.21. The highest BCUT2D eigenvalue weighted by Crippen LogP contribution is 2.39. The van der Waals surface area contributed by atoms with Crippen molar-refractivity contribution in [2.45, 2.75) is 25.2 Å². The zero-order valence-corrected chi connectivity index (χ0v) is 16.0. The van der Waals surface area contributed by atoms with E-state index in [1.807, 2.05) is 0 Å². The normalized spacial score (nSPS) is 15.7. The monoisotopic (exact) mass is 379 g/mol. The molecule has 0 spiro atoms. The fraction of sp³-hybridized carbons (Fsp3) is 0.273. The maximum Gasteiger partial charge on any atom is 0.338 e. The number of esters is 1. The smallest absolute Gasteiger partial charge is 0.338 e. The fourth-order valence-corrected chi connectivity index (χ4v) is 4.30. The van der Waals surface area contributed by atoms with Crippen molar-refractivity contribution in [2.24, 2.45) is 0 Å². The Labute approximate surface area is 162 Å². The third kappa shape index (κ3) is 3.74. The number of hydrogen-bond acceptors (Lipinski definition) is 5. The molecule has 138 valence electrons. The van der Waals surface area contributed by atoms with Crippen molar-refractivity contribution < 1.29 is 14.3 Å². The third-order valence-corrected chi connectivity index (χ3v) is 5.79. The number of methoxy groups -OCH3 is 1. The van der Waals surface area contributed by atoms with Crippen molar-refractivity contribution >= 4 is 17.3 Å². The van der Waals surface area contributed by atoms with Gasteiger partial charge < -0.3 is 9.47 Å². The standard InChI is InChI=1S/C22H21NO3S/c1-25-22(24)20-6-9-23-13-17(20)3-2-15-7-10-26-21-12-16(4-5-19(15)21)18-8-11-27-14-18/h4-6,8-9,11-15H,2-3,7,10H2,1H3/t15-/m1/s1. The van der Waals surface area contributed by atoms with E-state index in [-0.39, 0.29) is 5.97 Å². The average Bonchev–Trinajstić information content (AvgIpc) is 3.26. The van der Waals surface area contributed by atoms with Crippen molar-refractivity contribution in [1.82, 2.24) is 4.98 Å². The van der Waals surface area contributed by atoms with Gasteiger partial charge in [0.05, 0.1) is 19.3 Å². The summed E-state index contributed by atoms with van der Waals surface area (Å²) >= 11 is 1.70. The Balaban J connectivity index is 1.53. The predicted octanol–water partition coefficient (Wildman–Crippen LogP) is 5.10. The van der Waals surface area contributed by atoms with E-state index >= 15 is 0 Å². The van der Waals surface area contributed by atoms with Gasteiger partial charge in [0.15, 0.2) is 0 Å². The van der Waals surface area contributed by atoms with Gasteiger partial charge in [-0.15, -0.1) is 0 Å². The minimum Gasteiger partial charge on any atom is -0.493 e. The molecule has 0 unspecified atom stereocenters. The predicted molar refractivity (Wildman–Crippen MR) is 107 cm³/mol.